The molecule has 5 amide bonds. The summed E-state index contributed by atoms with van der Waals surface area (Å²) >= 11 is 0. The first-order valence-corrected chi connectivity index (χ1v) is 4.01. The van der Waals surface area contributed by atoms with E-state index in [1.165, 1.54) is 14.1 Å². The summed E-state index contributed by atoms with van der Waals surface area (Å²) in [6.07, 6.45) is -0.961. The Hall–Kier alpha value is -2.12. The van der Waals surface area contributed by atoms with Gasteiger partial charge in [-0.05, 0) is 0 Å². The monoisotopic (exact) mass is 213 g/mol. The Balaban J connectivity index is 2.52. The lowest BCUT2D eigenvalue weighted by Gasteiger charge is -2.22. The molecular formula is C7H7N3O5. The number of rotatable bonds is 0. The molecule has 0 bridgehead atoms. The fraction of sp³-hybridized carbons (Fsp3) is 0.429. The van der Waals surface area contributed by atoms with Crippen molar-refractivity contribution < 1.29 is 23.9 Å². The van der Waals surface area contributed by atoms with Crippen LogP contribution in [0, 0.1) is 0 Å². The van der Waals surface area contributed by atoms with Gasteiger partial charge in [0.1, 0.15) is 0 Å². The topological polar surface area (TPSA) is 96.0 Å². The molecule has 2 aliphatic heterocycles. The number of hydrogen-bond donors (Lipinski definition) is 1. The van der Waals surface area contributed by atoms with Crippen molar-refractivity contribution in [1.82, 2.24) is 15.1 Å². The number of ether oxygens (including phenoxy) is 1. The van der Waals surface area contributed by atoms with Gasteiger partial charge in [0, 0.05) is 14.1 Å². The van der Waals surface area contributed by atoms with Crippen LogP contribution in [-0.4, -0.2) is 53.6 Å². The third kappa shape index (κ3) is 0.853. The third-order valence-electron chi connectivity index (χ3n) is 2.41. The molecule has 2 saturated heterocycles. The van der Waals surface area contributed by atoms with Crippen molar-refractivity contribution >= 4 is 23.9 Å². The summed E-state index contributed by atoms with van der Waals surface area (Å²) in [6.45, 7) is 0. The molecule has 2 aliphatic rings. The van der Waals surface area contributed by atoms with Gasteiger partial charge in [0.2, 0.25) is 0 Å². The van der Waals surface area contributed by atoms with E-state index in [4.69, 9.17) is 0 Å². The zero-order valence-corrected chi connectivity index (χ0v) is 7.94. The lowest BCUT2D eigenvalue weighted by atomic mass is 10.2. The first-order valence-electron chi connectivity index (χ1n) is 4.01. The summed E-state index contributed by atoms with van der Waals surface area (Å²) in [5.74, 6) is -1.82. The minimum Gasteiger partial charge on any atom is -0.403 e. The van der Waals surface area contributed by atoms with Gasteiger partial charge in [-0.2, -0.15) is 0 Å². The van der Waals surface area contributed by atoms with Crippen LogP contribution in [0.5, 0.6) is 0 Å². The number of nitrogens with one attached hydrogen (secondary N) is 1. The lowest BCUT2D eigenvalue weighted by molar-refractivity contribution is -0.155. The molecule has 0 unspecified atom stereocenters. The van der Waals surface area contributed by atoms with Gasteiger partial charge in [-0.15, -0.1) is 0 Å². The highest BCUT2D eigenvalue weighted by molar-refractivity contribution is 6.23. The van der Waals surface area contributed by atoms with Crippen LogP contribution in [0.4, 0.5) is 9.59 Å². The van der Waals surface area contributed by atoms with Gasteiger partial charge in [0.05, 0.1) is 0 Å². The second-order valence-corrected chi connectivity index (χ2v) is 3.19. The Kier molecular flexibility index (Phi) is 1.55. The smallest absolute Gasteiger partial charge is 0.403 e. The van der Waals surface area contributed by atoms with E-state index in [9.17, 15) is 19.2 Å². The second kappa shape index (κ2) is 2.47. The molecule has 0 aliphatic carbocycles. The molecule has 2 fully saturated rings. The zero-order chi connectivity index (χ0) is 11.4. The van der Waals surface area contributed by atoms with Gasteiger partial charge >= 0.3 is 29.7 Å². The molecule has 0 aromatic heterocycles. The predicted molar refractivity (Wildman–Crippen MR) is 43.3 cm³/mol. The maximum absolute atomic E-state index is 11.6. The first-order chi connectivity index (χ1) is 6.91. The van der Waals surface area contributed by atoms with E-state index in [0.717, 1.165) is 4.90 Å². The average Bonchev–Trinajstić information content (AvgIpc) is 2.53. The van der Waals surface area contributed by atoms with Gasteiger partial charge < -0.3 is 4.74 Å². The maximum atomic E-state index is 11.6. The Morgan fingerprint density at radius 3 is 2.13 bits per heavy atom. The SMILES string of the molecule is CN1C(=O)O[C@@]2(C(=O)NC(=O)N2C)C1=O. The summed E-state index contributed by atoms with van der Waals surface area (Å²) in [4.78, 5) is 46.7. The van der Waals surface area contributed by atoms with Gasteiger partial charge in [0.15, 0.2) is 0 Å². The number of urea groups is 1. The van der Waals surface area contributed by atoms with E-state index in [1.54, 1.807) is 0 Å². The number of imide groups is 2. The standard InChI is InChI=1S/C7H7N3O5/c1-9-4(12)7(15-6(9)14)3(11)8-5(13)10(7)2/h1-2H3,(H,8,11,13)/t7-/m0/s1. The van der Waals surface area contributed by atoms with E-state index in [1.807, 2.05) is 5.32 Å². The van der Waals surface area contributed by atoms with Crippen molar-refractivity contribution in [2.75, 3.05) is 14.1 Å². The number of amides is 5. The highest BCUT2D eigenvalue weighted by Gasteiger charge is 2.67. The Morgan fingerprint density at radius 2 is 1.80 bits per heavy atom. The van der Waals surface area contributed by atoms with Crippen molar-refractivity contribution in [2.45, 2.75) is 5.72 Å². The summed E-state index contributed by atoms with van der Waals surface area (Å²) < 4.78 is 4.66. The third-order valence-corrected chi connectivity index (χ3v) is 2.41. The molecular weight excluding hydrogens is 206 g/mol. The summed E-state index contributed by atoms with van der Waals surface area (Å²) in [5.41, 5.74) is -2.15. The van der Waals surface area contributed by atoms with Crippen LogP contribution in [-0.2, 0) is 14.3 Å². The molecule has 80 valence electrons. The Bertz CT molecular complexity index is 405. The molecule has 2 heterocycles. The first kappa shape index (κ1) is 9.44. The summed E-state index contributed by atoms with van der Waals surface area (Å²) in [7, 11) is 2.37. The summed E-state index contributed by atoms with van der Waals surface area (Å²) in [5, 5.41) is 1.89. The molecule has 0 aromatic carbocycles. The van der Waals surface area contributed by atoms with Gasteiger partial charge in [-0.3, -0.25) is 19.8 Å². The Labute approximate surface area is 83.7 Å². The van der Waals surface area contributed by atoms with Crippen LogP contribution in [0.25, 0.3) is 0 Å². The minimum atomic E-state index is -2.15. The fourth-order valence-corrected chi connectivity index (χ4v) is 1.47. The quantitative estimate of drug-likeness (QED) is 0.389. The van der Waals surface area contributed by atoms with Crippen molar-refractivity contribution in [1.29, 1.82) is 0 Å². The van der Waals surface area contributed by atoms with E-state index < -0.39 is 29.7 Å². The van der Waals surface area contributed by atoms with E-state index in [-0.39, 0.29) is 0 Å². The minimum absolute atomic E-state index is 0.647. The maximum Gasteiger partial charge on any atom is 0.419 e. The molecule has 0 saturated carbocycles. The average molecular weight is 213 g/mol. The predicted octanol–water partition coefficient (Wildman–Crippen LogP) is -1.53. The number of likely N-dealkylation sites (N-methyl/N-ethyl adjacent to an activating group) is 2. The number of carbonyl (C=O) groups excluding carboxylic acids is 4. The lowest BCUT2D eigenvalue weighted by Crippen LogP contribution is -2.54. The molecule has 15 heavy (non-hydrogen) atoms. The van der Waals surface area contributed by atoms with Crippen LogP contribution >= 0.6 is 0 Å². The van der Waals surface area contributed by atoms with Crippen LogP contribution in [0.1, 0.15) is 0 Å². The fourth-order valence-electron chi connectivity index (χ4n) is 1.47. The van der Waals surface area contributed by atoms with Gasteiger partial charge in [-0.25, -0.2) is 14.5 Å². The van der Waals surface area contributed by atoms with Crippen LogP contribution < -0.4 is 5.32 Å². The molecule has 8 heteroatoms. The van der Waals surface area contributed by atoms with Crippen LogP contribution in [0.3, 0.4) is 0 Å². The van der Waals surface area contributed by atoms with Crippen molar-refractivity contribution in [3.8, 4) is 0 Å². The number of nitrogens with zero attached hydrogens (tertiary/aromatic N) is 2. The molecule has 1 spiro atoms. The highest BCUT2D eigenvalue weighted by atomic mass is 16.6. The number of hydrogen-bond acceptors (Lipinski definition) is 5. The van der Waals surface area contributed by atoms with Crippen molar-refractivity contribution in [3.63, 3.8) is 0 Å². The largest absolute Gasteiger partial charge is 0.419 e. The number of carbonyl (C=O) groups is 4. The van der Waals surface area contributed by atoms with E-state index >= 15 is 0 Å². The van der Waals surface area contributed by atoms with Crippen LogP contribution in [0.15, 0.2) is 0 Å². The van der Waals surface area contributed by atoms with E-state index in [0.29, 0.717) is 4.90 Å². The molecule has 2 rings (SSSR count). The van der Waals surface area contributed by atoms with E-state index in [2.05, 4.69) is 4.74 Å². The van der Waals surface area contributed by atoms with Crippen molar-refractivity contribution in [3.05, 3.63) is 0 Å². The second-order valence-electron chi connectivity index (χ2n) is 3.19. The molecule has 1 N–H and O–H groups in total. The summed E-state index contributed by atoms with van der Waals surface area (Å²) in [6, 6.07) is -0.781. The highest BCUT2D eigenvalue weighted by Crippen LogP contribution is 2.30. The Morgan fingerprint density at radius 1 is 1.20 bits per heavy atom. The van der Waals surface area contributed by atoms with Crippen molar-refractivity contribution in [2.24, 2.45) is 0 Å². The normalized spacial score (nSPS) is 30.3. The molecule has 0 aromatic rings. The van der Waals surface area contributed by atoms with Crippen LogP contribution in [0.2, 0.25) is 0 Å². The van der Waals surface area contributed by atoms with Gasteiger partial charge in [-0.1, -0.05) is 0 Å². The molecule has 1 atom stereocenters. The molecule has 8 nitrogen and oxygen atoms in total. The van der Waals surface area contributed by atoms with Gasteiger partial charge in [0.25, 0.3) is 0 Å². The molecule has 0 radical (unpaired) electrons. The zero-order valence-electron chi connectivity index (χ0n) is 7.94.